The average Bonchev–Trinajstić information content (AvgIpc) is 3.16. The second-order valence-electron chi connectivity index (χ2n) is 6.02. The van der Waals surface area contributed by atoms with Crippen LogP contribution in [0.3, 0.4) is 0 Å². The molecule has 136 valence electrons. The number of hydrogen-bond donors (Lipinski definition) is 1. The molecule has 0 aliphatic carbocycles. The summed E-state index contributed by atoms with van der Waals surface area (Å²) >= 11 is 5.91. The molecule has 1 saturated heterocycles. The molecule has 2 aromatic carbocycles. The lowest BCUT2D eigenvalue weighted by Crippen LogP contribution is -2.27. The predicted octanol–water partition coefficient (Wildman–Crippen LogP) is 3.78. The van der Waals surface area contributed by atoms with Crippen LogP contribution in [0.15, 0.2) is 59.5 Å². The van der Waals surface area contributed by atoms with E-state index in [1.165, 1.54) is 16.4 Å². The van der Waals surface area contributed by atoms with Crippen LogP contribution in [-0.4, -0.2) is 31.7 Å². The first-order valence-corrected chi connectivity index (χ1v) is 10.1. The molecule has 0 saturated carbocycles. The number of amides is 1. The highest BCUT2D eigenvalue weighted by atomic mass is 35.5. The summed E-state index contributed by atoms with van der Waals surface area (Å²) in [6.45, 7) is 1.09. The number of nitrogens with one attached hydrogen (secondary N) is 1. The highest BCUT2D eigenvalue weighted by Gasteiger charge is 2.27. The lowest BCUT2D eigenvalue weighted by Gasteiger charge is -2.16. The van der Waals surface area contributed by atoms with Gasteiger partial charge in [0.15, 0.2) is 0 Å². The molecule has 0 unspecified atom stereocenters. The van der Waals surface area contributed by atoms with Gasteiger partial charge in [0.1, 0.15) is 0 Å². The van der Waals surface area contributed by atoms with Crippen LogP contribution in [0, 0.1) is 0 Å². The first kappa shape index (κ1) is 18.6. The molecule has 1 fully saturated rings. The number of carbonyl (C=O) groups is 1. The van der Waals surface area contributed by atoms with Crippen molar-refractivity contribution in [2.45, 2.75) is 17.7 Å². The molecule has 3 rings (SSSR count). The molecule has 0 aromatic heterocycles. The number of benzene rings is 2. The van der Waals surface area contributed by atoms with Gasteiger partial charge in [-0.05, 0) is 54.8 Å². The number of carbonyl (C=O) groups excluding carboxylic acids is 1. The molecule has 0 spiro atoms. The van der Waals surface area contributed by atoms with Crippen LogP contribution in [0.2, 0.25) is 5.02 Å². The fourth-order valence-electron chi connectivity index (χ4n) is 2.78. The maximum atomic E-state index is 12.6. The lowest BCUT2D eigenvalue weighted by molar-refractivity contribution is -0.111. The summed E-state index contributed by atoms with van der Waals surface area (Å²) in [6.07, 6.45) is 4.78. The van der Waals surface area contributed by atoms with Gasteiger partial charge in [0.2, 0.25) is 15.9 Å². The van der Waals surface area contributed by atoms with Gasteiger partial charge in [0, 0.05) is 29.9 Å². The van der Waals surface area contributed by atoms with E-state index in [0.29, 0.717) is 23.8 Å². The van der Waals surface area contributed by atoms with Gasteiger partial charge in [-0.25, -0.2) is 8.42 Å². The van der Waals surface area contributed by atoms with E-state index in [1.807, 2.05) is 6.07 Å². The van der Waals surface area contributed by atoms with Crippen LogP contribution < -0.4 is 5.32 Å². The summed E-state index contributed by atoms with van der Waals surface area (Å²) in [6, 6.07) is 13.4. The highest BCUT2D eigenvalue weighted by molar-refractivity contribution is 7.89. The summed E-state index contributed by atoms with van der Waals surface area (Å²) in [5.41, 5.74) is 1.24. The van der Waals surface area contributed by atoms with Crippen LogP contribution in [0.1, 0.15) is 18.4 Å². The first-order valence-electron chi connectivity index (χ1n) is 8.30. The van der Waals surface area contributed by atoms with Crippen molar-refractivity contribution in [1.29, 1.82) is 0 Å². The number of rotatable bonds is 5. The molecular weight excluding hydrogens is 372 g/mol. The van der Waals surface area contributed by atoms with Crippen molar-refractivity contribution in [2.75, 3.05) is 18.4 Å². The van der Waals surface area contributed by atoms with E-state index in [-0.39, 0.29) is 10.8 Å². The summed E-state index contributed by atoms with van der Waals surface area (Å²) in [4.78, 5) is 12.3. The van der Waals surface area contributed by atoms with Crippen molar-refractivity contribution in [3.63, 3.8) is 0 Å². The van der Waals surface area contributed by atoms with Crippen LogP contribution in [0.5, 0.6) is 0 Å². The van der Waals surface area contributed by atoms with E-state index in [2.05, 4.69) is 5.32 Å². The molecule has 2 aromatic rings. The van der Waals surface area contributed by atoms with Gasteiger partial charge < -0.3 is 5.32 Å². The fourth-order valence-corrected chi connectivity index (χ4v) is 4.54. The van der Waals surface area contributed by atoms with Gasteiger partial charge >= 0.3 is 0 Å². The van der Waals surface area contributed by atoms with Crippen LogP contribution >= 0.6 is 11.6 Å². The number of hydrogen-bond acceptors (Lipinski definition) is 3. The van der Waals surface area contributed by atoms with E-state index < -0.39 is 10.0 Å². The quantitative estimate of drug-likeness (QED) is 0.790. The molecule has 1 amide bonds. The Labute approximate surface area is 158 Å². The zero-order valence-electron chi connectivity index (χ0n) is 14.1. The van der Waals surface area contributed by atoms with Crippen LogP contribution in [0.25, 0.3) is 6.08 Å². The van der Waals surface area contributed by atoms with Crippen molar-refractivity contribution in [3.05, 3.63) is 65.2 Å². The van der Waals surface area contributed by atoms with Crippen molar-refractivity contribution in [1.82, 2.24) is 4.31 Å². The molecular formula is C19H19ClN2O3S. The Balaban J connectivity index is 1.71. The molecule has 1 N–H and O–H groups in total. The molecule has 0 radical (unpaired) electrons. The normalized spacial score (nSPS) is 15.4. The molecule has 26 heavy (non-hydrogen) atoms. The molecule has 0 bridgehead atoms. The average molecular weight is 391 g/mol. The number of halogens is 1. The number of nitrogens with zero attached hydrogens (tertiary/aromatic N) is 1. The Bertz CT molecular complexity index is 935. The SMILES string of the molecule is O=C(/C=C/c1cccc(Cl)c1)Nc1cccc(S(=O)(=O)N2CCCC2)c1. The molecule has 1 heterocycles. The second-order valence-corrected chi connectivity index (χ2v) is 8.39. The van der Waals surface area contributed by atoms with Gasteiger partial charge in [-0.3, -0.25) is 4.79 Å². The molecule has 0 atom stereocenters. The third kappa shape index (κ3) is 4.52. The highest BCUT2D eigenvalue weighted by Crippen LogP contribution is 2.23. The Morgan fingerprint density at radius 1 is 1.08 bits per heavy atom. The Hall–Kier alpha value is -2.15. The largest absolute Gasteiger partial charge is 0.322 e. The topological polar surface area (TPSA) is 66.5 Å². The zero-order chi connectivity index (χ0) is 18.6. The van der Waals surface area contributed by atoms with E-state index in [0.717, 1.165) is 18.4 Å². The van der Waals surface area contributed by atoms with E-state index in [4.69, 9.17) is 11.6 Å². The third-order valence-electron chi connectivity index (χ3n) is 4.08. The maximum Gasteiger partial charge on any atom is 0.248 e. The van der Waals surface area contributed by atoms with Crippen LogP contribution in [-0.2, 0) is 14.8 Å². The maximum absolute atomic E-state index is 12.6. The fraction of sp³-hybridized carbons (Fsp3) is 0.211. The monoisotopic (exact) mass is 390 g/mol. The Morgan fingerprint density at radius 2 is 1.81 bits per heavy atom. The lowest BCUT2D eigenvalue weighted by atomic mass is 10.2. The Kier molecular flexibility index (Phi) is 5.76. The summed E-state index contributed by atoms with van der Waals surface area (Å²) in [5.74, 6) is -0.347. The number of sulfonamides is 1. The summed E-state index contributed by atoms with van der Waals surface area (Å²) in [5, 5.41) is 3.28. The zero-order valence-corrected chi connectivity index (χ0v) is 15.6. The van der Waals surface area contributed by atoms with Crippen molar-refractivity contribution >= 4 is 39.3 Å². The standard InChI is InChI=1S/C19H19ClN2O3S/c20-16-6-3-5-15(13-16)9-10-19(23)21-17-7-4-8-18(14-17)26(24,25)22-11-1-2-12-22/h3-10,13-14H,1-2,11-12H2,(H,21,23)/b10-9+. The van der Waals surface area contributed by atoms with Crippen LogP contribution in [0.4, 0.5) is 5.69 Å². The molecule has 1 aliphatic heterocycles. The Morgan fingerprint density at radius 3 is 2.54 bits per heavy atom. The minimum atomic E-state index is -3.51. The molecule has 5 nitrogen and oxygen atoms in total. The van der Waals surface area contributed by atoms with Gasteiger partial charge in [0.05, 0.1) is 4.90 Å². The minimum Gasteiger partial charge on any atom is -0.322 e. The second kappa shape index (κ2) is 8.03. The van der Waals surface area contributed by atoms with Crippen molar-refractivity contribution in [3.8, 4) is 0 Å². The summed E-state index contributed by atoms with van der Waals surface area (Å²) in [7, 11) is -3.51. The van der Waals surface area contributed by atoms with Gasteiger partial charge in [-0.2, -0.15) is 4.31 Å². The van der Waals surface area contributed by atoms with Gasteiger partial charge in [-0.1, -0.05) is 29.8 Å². The van der Waals surface area contributed by atoms with E-state index in [9.17, 15) is 13.2 Å². The molecule has 7 heteroatoms. The van der Waals surface area contributed by atoms with Crippen molar-refractivity contribution in [2.24, 2.45) is 0 Å². The number of anilines is 1. The minimum absolute atomic E-state index is 0.191. The summed E-state index contributed by atoms with van der Waals surface area (Å²) < 4.78 is 26.7. The molecule has 1 aliphatic rings. The van der Waals surface area contributed by atoms with Gasteiger partial charge in [-0.15, -0.1) is 0 Å². The van der Waals surface area contributed by atoms with E-state index in [1.54, 1.807) is 42.5 Å². The van der Waals surface area contributed by atoms with Crippen molar-refractivity contribution < 1.29 is 13.2 Å². The first-order chi connectivity index (χ1) is 12.4. The smallest absolute Gasteiger partial charge is 0.248 e. The van der Waals surface area contributed by atoms with Gasteiger partial charge in [0.25, 0.3) is 0 Å². The third-order valence-corrected chi connectivity index (χ3v) is 6.21. The van der Waals surface area contributed by atoms with E-state index >= 15 is 0 Å². The predicted molar refractivity (Wildman–Crippen MR) is 104 cm³/mol.